The Morgan fingerprint density at radius 1 is 1.50 bits per heavy atom. The maximum atomic E-state index is 12.3. The Morgan fingerprint density at radius 2 is 2.25 bits per heavy atom. The molecular formula is C14H20ClN3O2. The van der Waals surface area contributed by atoms with Gasteiger partial charge in [-0.25, -0.2) is 4.98 Å². The van der Waals surface area contributed by atoms with Crippen molar-refractivity contribution >= 4 is 23.3 Å². The highest BCUT2D eigenvalue weighted by Gasteiger charge is 2.19. The second kappa shape index (κ2) is 7.45. The number of carbonyl (C=O) groups is 1. The Balaban J connectivity index is 2.03. The quantitative estimate of drug-likeness (QED) is 0.876. The summed E-state index contributed by atoms with van der Waals surface area (Å²) in [6, 6.07) is 1.86. The molecule has 110 valence electrons. The van der Waals surface area contributed by atoms with E-state index in [0.717, 1.165) is 25.8 Å². The minimum atomic E-state index is -0.149. The summed E-state index contributed by atoms with van der Waals surface area (Å²) in [5, 5.41) is 6.52. The number of nitrogens with one attached hydrogen (secondary N) is 2. The van der Waals surface area contributed by atoms with Crippen LogP contribution in [0.5, 0.6) is 0 Å². The number of pyridine rings is 1. The molecule has 6 heteroatoms. The van der Waals surface area contributed by atoms with Gasteiger partial charge in [0.25, 0.3) is 5.91 Å². The van der Waals surface area contributed by atoms with Crippen molar-refractivity contribution < 1.29 is 9.53 Å². The van der Waals surface area contributed by atoms with Crippen molar-refractivity contribution in [3.8, 4) is 0 Å². The molecule has 1 aliphatic heterocycles. The first kappa shape index (κ1) is 15.1. The van der Waals surface area contributed by atoms with Crippen LogP contribution in [0.15, 0.2) is 12.3 Å². The summed E-state index contributed by atoms with van der Waals surface area (Å²) in [7, 11) is 0. The van der Waals surface area contributed by atoms with Gasteiger partial charge in [-0.05, 0) is 25.3 Å². The van der Waals surface area contributed by atoms with Crippen molar-refractivity contribution in [2.75, 3.05) is 25.1 Å². The summed E-state index contributed by atoms with van der Waals surface area (Å²) in [5.41, 5.74) is 0.465. The molecule has 0 bridgehead atoms. The molecule has 2 heterocycles. The van der Waals surface area contributed by atoms with E-state index in [0.29, 0.717) is 29.6 Å². The van der Waals surface area contributed by atoms with Gasteiger partial charge in [0.2, 0.25) is 0 Å². The third kappa shape index (κ3) is 4.08. The maximum Gasteiger partial charge on any atom is 0.253 e. The second-order valence-electron chi connectivity index (χ2n) is 4.84. The molecule has 0 atom stereocenters. The molecule has 5 nitrogen and oxygen atoms in total. The van der Waals surface area contributed by atoms with Gasteiger partial charge in [-0.1, -0.05) is 18.5 Å². The molecule has 2 N–H and O–H groups in total. The van der Waals surface area contributed by atoms with E-state index in [1.807, 2.05) is 0 Å². The number of halogens is 1. The predicted molar refractivity (Wildman–Crippen MR) is 79.3 cm³/mol. The van der Waals surface area contributed by atoms with Crippen molar-refractivity contribution in [2.45, 2.75) is 32.2 Å². The third-order valence-electron chi connectivity index (χ3n) is 3.21. The monoisotopic (exact) mass is 297 g/mol. The fourth-order valence-electron chi connectivity index (χ4n) is 2.07. The van der Waals surface area contributed by atoms with E-state index in [9.17, 15) is 4.79 Å². The minimum absolute atomic E-state index is 0.149. The molecule has 0 aliphatic carbocycles. The highest BCUT2D eigenvalue weighted by molar-refractivity contribution is 6.33. The van der Waals surface area contributed by atoms with Crippen LogP contribution < -0.4 is 10.6 Å². The largest absolute Gasteiger partial charge is 0.381 e. The molecule has 0 aromatic carbocycles. The summed E-state index contributed by atoms with van der Waals surface area (Å²) < 4.78 is 5.28. The zero-order chi connectivity index (χ0) is 14.4. The van der Waals surface area contributed by atoms with Crippen LogP contribution in [-0.2, 0) is 4.74 Å². The molecule has 0 saturated carbocycles. The van der Waals surface area contributed by atoms with Crippen LogP contribution in [-0.4, -0.2) is 36.7 Å². The molecule has 0 spiro atoms. The molecule has 1 aromatic rings. The van der Waals surface area contributed by atoms with E-state index >= 15 is 0 Å². The normalized spacial score (nSPS) is 15.9. The van der Waals surface area contributed by atoms with Gasteiger partial charge in [-0.3, -0.25) is 4.79 Å². The number of hydrogen-bond donors (Lipinski definition) is 2. The molecule has 1 aromatic heterocycles. The number of ether oxygens (including phenoxy) is 1. The zero-order valence-corrected chi connectivity index (χ0v) is 12.4. The van der Waals surface area contributed by atoms with Crippen molar-refractivity contribution in [1.29, 1.82) is 0 Å². The molecule has 1 fully saturated rings. The second-order valence-corrected chi connectivity index (χ2v) is 5.24. The number of hydrogen-bond acceptors (Lipinski definition) is 4. The lowest BCUT2D eigenvalue weighted by atomic mass is 10.1. The highest BCUT2D eigenvalue weighted by Crippen LogP contribution is 2.19. The Morgan fingerprint density at radius 3 is 2.95 bits per heavy atom. The van der Waals surface area contributed by atoms with Gasteiger partial charge in [0.1, 0.15) is 5.82 Å². The summed E-state index contributed by atoms with van der Waals surface area (Å²) in [6.07, 6.45) is 4.19. The maximum absolute atomic E-state index is 12.3. The Kier molecular flexibility index (Phi) is 5.61. The van der Waals surface area contributed by atoms with Crippen LogP contribution in [0.25, 0.3) is 0 Å². The van der Waals surface area contributed by atoms with Crippen LogP contribution >= 0.6 is 11.6 Å². The van der Waals surface area contributed by atoms with Gasteiger partial charge in [-0.2, -0.15) is 0 Å². The van der Waals surface area contributed by atoms with Gasteiger partial charge in [0, 0.05) is 32.0 Å². The van der Waals surface area contributed by atoms with Crippen molar-refractivity contribution in [3.63, 3.8) is 0 Å². The highest BCUT2D eigenvalue weighted by atomic mass is 35.5. The fraction of sp³-hybridized carbons (Fsp3) is 0.571. The molecule has 20 heavy (non-hydrogen) atoms. The van der Waals surface area contributed by atoms with Gasteiger partial charge in [-0.15, -0.1) is 0 Å². The van der Waals surface area contributed by atoms with Crippen LogP contribution in [0.1, 0.15) is 36.5 Å². The molecule has 0 radical (unpaired) electrons. The molecule has 0 unspecified atom stereocenters. The summed E-state index contributed by atoms with van der Waals surface area (Å²) in [6.45, 7) is 4.27. The first-order chi connectivity index (χ1) is 9.70. The molecular weight excluding hydrogens is 278 g/mol. The van der Waals surface area contributed by atoms with Crippen LogP contribution in [0.3, 0.4) is 0 Å². The Hall–Kier alpha value is -1.33. The van der Waals surface area contributed by atoms with Crippen LogP contribution in [0.4, 0.5) is 5.82 Å². The summed E-state index contributed by atoms with van der Waals surface area (Å²) in [4.78, 5) is 16.4. The van der Waals surface area contributed by atoms with Gasteiger partial charge < -0.3 is 15.4 Å². The number of nitrogens with zero attached hydrogens (tertiary/aromatic N) is 1. The fourth-order valence-corrected chi connectivity index (χ4v) is 2.26. The number of amides is 1. The molecule has 1 aliphatic rings. The average Bonchev–Trinajstić information content (AvgIpc) is 2.47. The topological polar surface area (TPSA) is 63.2 Å². The van der Waals surface area contributed by atoms with Crippen molar-refractivity contribution in [3.05, 3.63) is 22.8 Å². The molecule has 2 rings (SSSR count). The number of aromatic nitrogens is 1. The minimum Gasteiger partial charge on any atom is -0.381 e. The first-order valence-corrected chi connectivity index (χ1v) is 7.36. The van der Waals surface area contributed by atoms with E-state index in [2.05, 4.69) is 22.5 Å². The van der Waals surface area contributed by atoms with E-state index in [1.165, 1.54) is 6.20 Å². The summed E-state index contributed by atoms with van der Waals surface area (Å²) in [5.74, 6) is 0.525. The van der Waals surface area contributed by atoms with Gasteiger partial charge in [0.15, 0.2) is 0 Å². The van der Waals surface area contributed by atoms with E-state index in [1.54, 1.807) is 6.07 Å². The Labute approximate surface area is 124 Å². The lowest BCUT2D eigenvalue weighted by Crippen LogP contribution is -2.39. The van der Waals surface area contributed by atoms with Crippen molar-refractivity contribution in [2.24, 2.45) is 0 Å². The zero-order valence-electron chi connectivity index (χ0n) is 11.6. The van der Waals surface area contributed by atoms with E-state index < -0.39 is 0 Å². The van der Waals surface area contributed by atoms with E-state index in [4.69, 9.17) is 16.3 Å². The number of rotatable bonds is 5. The molecule has 1 amide bonds. The summed E-state index contributed by atoms with van der Waals surface area (Å²) >= 11 is 6.07. The van der Waals surface area contributed by atoms with Crippen molar-refractivity contribution in [1.82, 2.24) is 10.3 Å². The lowest BCUT2D eigenvalue weighted by Gasteiger charge is -2.23. The van der Waals surface area contributed by atoms with Gasteiger partial charge >= 0.3 is 0 Å². The third-order valence-corrected chi connectivity index (χ3v) is 3.51. The van der Waals surface area contributed by atoms with Crippen LogP contribution in [0.2, 0.25) is 5.02 Å². The predicted octanol–water partition coefficient (Wildman–Crippen LogP) is 2.47. The number of carbonyl (C=O) groups excluding carboxylic acids is 1. The molecule has 1 saturated heterocycles. The average molecular weight is 298 g/mol. The smallest absolute Gasteiger partial charge is 0.253 e. The van der Waals surface area contributed by atoms with Gasteiger partial charge in [0.05, 0.1) is 10.6 Å². The first-order valence-electron chi connectivity index (χ1n) is 6.98. The SMILES string of the molecule is CCCNc1cc(C(=O)NC2CCOCC2)c(Cl)cn1. The van der Waals surface area contributed by atoms with E-state index in [-0.39, 0.29) is 11.9 Å². The van der Waals surface area contributed by atoms with Crippen LogP contribution in [0, 0.1) is 0 Å². The number of anilines is 1. The lowest BCUT2D eigenvalue weighted by molar-refractivity contribution is 0.0696. The Bertz CT molecular complexity index is 462. The standard InChI is InChI=1S/C14H20ClN3O2/c1-2-5-16-13-8-11(12(15)9-17-13)14(19)18-10-3-6-20-7-4-10/h8-10H,2-7H2,1H3,(H,16,17)(H,18,19).